The summed E-state index contributed by atoms with van der Waals surface area (Å²) in [6, 6.07) is 3.39. The van der Waals surface area contributed by atoms with Crippen LogP contribution in [0.1, 0.15) is 0 Å². The van der Waals surface area contributed by atoms with Crippen LogP contribution in [0.3, 0.4) is 0 Å². The van der Waals surface area contributed by atoms with Crippen LogP contribution in [-0.4, -0.2) is 21.3 Å². The van der Waals surface area contributed by atoms with E-state index in [1.807, 2.05) is 0 Å². The molecule has 4 nitrogen and oxygen atoms in total. The van der Waals surface area contributed by atoms with Crippen LogP contribution in [0.4, 0.5) is 0 Å². The number of hydrogen-bond acceptors (Lipinski definition) is 4. The smallest absolute Gasteiger partial charge is 0.203 e. The number of benzene rings is 1. The van der Waals surface area contributed by atoms with Crippen molar-refractivity contribution in [1.82, 2.24) is 0 Å². The fourth-order valence-electron chi connectivity index (χ4n) is 1.12. The van der Waals surface area contributed by atoms with Gasteiger partial charge in [-0.25, -0.2) is 0 Å². The number of ether oxygens (including phenoxy) is 4. The third-order valence-electron chi connectivity index (χ3n) is 1.81. The van der Waals surface area contributed by atoms with E-state index >= 15 is 0 Å². The lowest BCUT2D eigenvalue weighted by Gasteiger charge is -2.12. The predicted molar refractivity (Wildman–Crippen MR) is 52.1 cm³/mol. The van der Waals surface area contributed by atoms with Crippen molar-refractivity contribution < 1.29 is 18.9 Å². The third kappa shape index (κ3) is 1.84. The standard InChI is InChI=1S/C10H13O4/c1-11-7-5-8(12-2)10(14-4)9(6-7)13-3/h5-6H,4H2,1-3H3. The minimum atomic E-state index is 0.454. The molecule has 14 heavy (non-hydrogen) atoms. The van der Waals surface area contributed by atoms with Gasteiger partial charge in [-0.2, -0.15) is 0 Å². The fraction of sp³-hybridized carbons (Fsp3) is 0.300. The van der Waals surface area contributed by atoms with Crippen LogP contribution in [0.2, 0.25) is 0 Å². The predicted octanol–water partition coefficient (Wildman–Crippen LogP) is 1.88. The van der Waals surface area contributed by atoms with Crippen LogP contribution in [-0.2, 0) is 0 Å². The molecule has 4 heteroatoms. The Hall–Kier alpha value is -1.58. The quantitative estimate of drug-likeness (QED) is 0.738. The van der Waals surface area contributed by atoms with Crippen LogP contribution < -0.4 is 18.9 Å². The highest BCUT2D eigenvalue weighted by molar-refractivity contribution is 5.55. The molecule has 1 rings (SSSR count). The molecule has 1 aromatic carbocycles. The van der Waals surface area contributed by atoms with Crippen molar-refractivity contribution in [3.05, 3.63) is 19.2 Å². The Morgan fingerprint density at radius 1 is 0.929 bits per heavy atom. The number of hydrogen-bond donors (Lipinski definition) is 0. The van der Waals surface area contributed by atoms with Crippen molar-refractivity contribution in [2.75, 3.05) is 21.3 Å². The lowest BCUT2D eigenvalue weighted by Crippen LogP contribution is -1.95. The van der Waals surface area contributed by atoms with E-state index in [-0.39, 0.29) is 0 Å². The fourth-order valence-corrected chi connectivity index (χ4v) is 1.12. The molecule has 0 aliphatic rings. The Balaban J connectivity index is 3.24. The van der Waals surface area contributed by atoms with E-state index in [1.54, 1.807) is 19.2 Å². The highest BCUT2D eigenvalue weighted by atomic mass is 16.5. The lowest BCUT2D eigenvalue weighted by atomic mass is 10.2. The Bertz CT molecular complexity index is 284. The maximum Gasteiger partial charge on any atom is 0.203 e. The van der Waals surface area contributed by atoms with Gasteiger partial charge >= 0.3 is 0 Å². The highest BCUT2D eigenvalue weighted by Gasteiger charge is 2.12. The van der Waals surface area contributed by atoms with Crippen molar-refractivity contribution in [2.45, 2.75) is 0 Å². The highest BCUT2D eigenvalue weighted by Crippen LogP contribution is 2.40. The number of rotatable bonds is 4. The van der Waals surface area contributed by atoms with Crippen LogP contribution in [0.25, 0.3) is 0 Å². The average molecular weight is 197 g/mol. The molecule has 0 saturated carbocycles. The second-order valence-corrected chi connectivity index (χ2v) is 2.51. The molecule has 1 radical (unpaired) electrons. The summed E-state index contributed by atoms with van der Waals surface area (Å²) in [5.41, 5.74) is 0. The molecule has 0 aliphatic heterocycles. The Kier molecular flexibility index (Phi) is 3.45. The van der Waals surface area contributed by atoms with E-state index in [0.29, 0.717) is 23.0 Å². The SMILES string of the molecule is [CH2]Oc1c(OC)cc(OC)cc1OC. The summed E-state index contributed by atoms with van der Waals surface area (Å²) >= 11 is 0. The second kappa shape index (κ2) is 4.60. The summed E-state index contributed by atoms with van der Waals surface area (Å²) < 4.78 is 20.2. The van der Waals surface area contributed by atoms with Gasteiger partial charge in [-0.1, -0.05) is 0 Å². The van der Waals surface area contributed by atoms with E-state index in [9.17, 15) is 0 Å². The minimum absolute atomic E-state index is 0.454. The molecule has 0 aliphatic carbocycles. The molecule has 0 N–H and O–H groups in total. The van der Waals surface area contributed by atoms with Crippen LogP contribution in [0, 0.1) is 7.11 Å². The van der Waals surface area contributed by atoms with Crippen LogP contribution in [0.15, 0.2) is 12.1 Å². The molecule has 0 aromatic heterocycles. The maximum atomic E-state index is 5.10. The molecule has 0 saturated heterocycles. The summed E-state index contributed by atoms with van der Waals surface area (Å²) in [5.74, 6) is 2.14. The van der Waals surface area contributed by atoms with Gasteiger partial charge in [0.25, 0.3) is 0 Å². The Morgan fingerprint density at radius 2 is 1.43 bits per heavy atom. The first-order chi connectivity index (χ1) is 6.76. The van der Waals surface area contributed by atoms with Crippen LogP contribution in [0.5, 0.6) is 23.0 Å². The first kappa shape index (κ1) is 10.5. The molecule has 0 bridgehead atoms. The Morgan fingerprint density at radius 3 is 1.71 bits per heavy atom. The molecule has 0 unspecified atom stereocenters. The maximum absolute atomic E-state index is 5.10. The summed E-state index contributed by atoms with van der Waals surface area (Å²) in [7, 11) is 7.97. The van der Waals surface area contributed by atoms with Crippen LogP contribution >= 0.6 is 0 Å². The topological polar surface area (TPSA) is 36.9 Å². The van der Waals surface area contributed by atoms with Gasteiger partial charge in [-0.05, 0) is 0 Å². The number of methoxy groups -OCH3 is 3. The van der Waals surface area contributed by atoms with E-state index in [4.69, 9.17) is 18.9 Å². The van der Waals surface area contributed by atoms with Crippen molar-refractivity contribution >= 4 is 0 Å². The molecule has 0 atom stereocenters. The van der Waals surface area contributed by atoms with E-state index in [2.05, 4.69) is 7.11 Å². The Labute approximate surface area is 83.3 Å². The first-order valence-corrected chi connectivity index (χ1v) is 3.98. The molecule has 1 aromatic rings. The zero-order valence-corrected chi connectivity index (χ0v) is 8.49. The molecular weight excluding hydrogens is 184 g/mol. The van der Waals surface area contributed by atoms with Crippen molar-refractivity contribution in [1.29, 1.82) is 0 Å². The monoisotopic (exact) mass is 197 g/mol. The minimum Gasteiger partial charge on any atom is -0.496 e. The summed E-state index contributed by atoms with van der Waals surface area (Å²) in [4.78, 5) is 0. The molecule has 0 amide bonds. The van der Waals surface area contributed by atoms with Crippen molar-refractivity contribution in [3.63, 3.8) is 0 Å². The van der Waals surface area contributed by atoms with E-state index in [1.165, 1.54) is 14.2 Å². The van der Waals surface area contributed by atoms with Gasteiger partial charge in [0.2, 0.25) is 5.75 Å². The van der Waals surface area contributed by atoms with Gasteiger partial charge in [0.05, 0.1) is 21.3 Å². The zero-order chi connectivity index (χ0) is 10.6. The summed E-state index contributed by atoms with van der Waals surface area (Å²) in [6.45, 7) is 0. The second-order valence-electron chi connectivity index (χ2n) is 2.51. The molecular formula is C10H13O4. The van der Waals surface area contributed by atoms with Crippen molar-refractivity contribution in [3.8, 4) is 23.0 Å². The van der Waals surface area contributed by atoms with Crippen molar-refractivity contribution in [2.24, 2.45) is 0 Å². The first-order valence-electron chi connectivity index (χ1n) is 3.98. The molecule has 77 valence electrons. The molecule has 0 fully saturated rings. The van der Waals surface area contributed by atoms with Gasteiger partial charge < -0.3 is 18.9 Å². The molecule has 0 spiro atoms. The summed E-state index contributed by atoms with van der Waals surface area (Å²) in [5, 5.41) is 0. The normalized spacial score (nSPS) is 9.43. The zero-order valence-electron chi connectivity index (χ0n) is 8.49. The third-order valence-corrected chi connectivity index (χ3v) is 1.81. The summed E-state index contributed by atoms with van der Waals surface area (Å²) in [6.07, 6.45) is 0. The van der Waals surface area contributed by atoms with Gasteiger partial charge in [-0.15, -0.1) is 0 Å². The largest absolute Gasteiger partial charge is 0.496 e. The van der Waals surface area contributed by atoms with Gasteiger partial charge in [0, 0.05) is 12.1 Å². The van der Waals surface area contributed by atoms with Gasteiger partial charge in [-0.3, -0.25) is 0 Å². The molecule has 0 heterocycles. The van der Waals surface area contributed by atoms with Gasteiger partial charge in [0.15, 0.2) is 11.5 Å². The van der Waals surface area contributed by atoms with E-state index in [0.717, 1.165) is 0 Å². The average Bonchev–Trinajstić information content (AvgIpc) is 2.26. The lowest BCUT2D eigenvalue weighted by molar-refractivity contribution is 0.335. The van der Waals surface area contributed by atoms with E-state index < -0.39 is 0 Å². The van der Waals surface area contributed by atoms with Gasteiger partial charge in [0.1, 0.15) is 12.9 Å².